The molecule has 154 valence electrons. The zero-order valence-electron chi connectivity index (χ0n) is 17.2. The summed E-state index contributed by atoms with van der Waals surface area (Å²) in [6.45, 7) is 9.65. The van der Waals surface area contributed by atoms with Gasteiger partial charge >= 0.3 is 0 Å². The summed E-state index contributed by atoms with van der Waals surface area (Å²) in [6, 6.07) is 21.2. The summed E-state index contributed by atoms with van der Waals surface area (Å²) in [5.74, 6) is 0.315. The summed E-state index contributed by atoms with van der Waals surface area (Å²) < 4.78 is 0. The monoisotopic (exact) mass is 392 g/mol. The van der Waals surface area contributed by atoms with Gasteiger partial charge in [-0.15, -0.1) is 0 Å². The summed E-state index contributed by atoms with van der Waals surface area (Å²) in [4.78, 5) is 22.0. The van der Waals surface area contributed by atoms with E-state index in [4.69, 9.17) is 0 Å². The van der Waals surface area contributed by atoms with Gasteiger partial charge in [0, 0.05) is 77.6 Å². The standard InChI is InChI=1S/C24H32N4O/c29-24(28-19-15-26(16-20-28)21-22-7-3-1-4-8-22)11-12-25-13-17-27(18-14-25)23-9-5-2-6-10-23/h1-10H,11-21H2. The second-order valence-corrected chi connectivity index (χ2v) is 8.06. The molecule has 0 unspecified atom stereocenters. The van der Waals surface area contributed by atoms with Crippen LogP contribution in [-0.2, 0) is 11.3 Å². The van der Waals surface area contributed by atoms with Gasteiger partial charge in [0.2, 0.25) is 5.91 Å². The fraction of sp³-hybridized carbons (Fsp3) is 0.458. The van der Waals surface area contributed by atoms with Crippen LogP contribution in [0.25, 0.3) is 0 Å². The molecule has 2 aromatic rings. The summed E-state index contributed by atoms with van der Waals surface area (Å²) in [5, 5.41) is 0. The number of benzene rings is 2. The van der Waals surface area contributed by atoms with Crippen LogP contribution in [0.3, 0.4) is 0 Å². The number of nitrogens with zero attached hydrogens (tertiary/aromatic N) is 4. The van der Waals surface area contributed by atoms with Crippen molar-refractivity contribution in [2.75, 3.05) is 63.8 Å². The maximum atomic E-state index is 12.7. The van der Waals surface area contributed by atoms with Crippen molar-refractivity contribution in [2.24, 2.45) is 0 Å². The molecule has 2 aromatic carbocycles. The lowest BCUT2D eigenvalue weighted by Crippen LogP contribution is -2.50. The molecule has 1 amide bonds. The van der Waals surface area contributed by atoms with Crippen molar-refractivity contribution in [1.29, 1.82) is 0 Å². The third-order valence-electron chi connectivity index (χ3n) is 6.11. The van der Waals surface area contributed by atoms with Gasteiger partial charge in [-0.3, -0.25) is 14.6 Å². The van der Waals surface area contributed by atoms with Crippen molar-refractivity contribution in [2.45, 2.75) is 13.0 Å². The Labute approximate surface area is 174 Å². The highest BCUT2D eigenvalue weighted by molar-refractivity contribution is 5.76. The summed E-state index contributed by atoms with van der Waals surface area (Å²) in [6.07, 6.45) is 0.643. The molecule has 0 spiro atoms. The van der Waals surface area contributed by atoms with Crippen LogP contribution in [0.5, 0.6) is 0 Å². The zero-order chi connectivity index (χ0) is 19.9. The molecular weight excluding hydrogens is 360 g/mol. The van der Waals surface area contributed by atoms with Gasteiger partial charge in [0.1, 0.15) is 0 Å². The lowest BCUT2D eigenvalue weighted by Gasteiger charge is -2.37. The number of amides is 1. The van der Waals surface area contributed by atoms with Gasteiger partial charge in [-0.2, -0.15) is 0 Å². The van der Waals surface area contributed by atoms with E-state index in [1.165, 1.54) is 11.3 Å². The quantitative estimate of drug-likeness (QED) is 0.756. The van der Waals surface area contributed by atoms with Gasteiger partial charge in [0.15, 0.2) is 0 Å². The number of carbonyl (C=O) groups excluding carboxylic acids is 1. The number of piperazine rings is 2. The van der Waals surface area contributed by atoms with Crippen LogP contribution in [0.2, 0.25) is 0 Å². The van der Waals surface area contributed by atoms with Crippen LogP contribution < -0.4 is 4.90 Å². The SMILES string of the molecule is O=C(CCN1CCN(c2ccccc2)CC1)N1CCN(Cc2ccccc2)CC1. The third kappa shape index (κ3) is 5.58. The molecule has 0 bridgehead atoms. The normalized spacial score (nSPS) is 18.8. The van der Waals surface area contributed by atoms with Crippen LogP contribution in [0.15, 0.2) is 60.7 Å². The first kappa shape index (κ1) is 19.9. The van der Waals surface area contributed by atoms with Gasteiger partial charge in [-0.1, -0.05) is 48.5 Å². The molecule has 2 aliphatic rings. The number of rotatable bonds is 6. The van der Waals surface area contributed by atoms with E-state index in [2.05, 4.69) is 80.3 Å². The molecule has 29 heavy (non-hydrogen) atoms. The van der Waals surface area contributed by atoms with Crippen LogP contribution >= 0.6 is 0 Å². The van der Waals surface area contributed by atoms with E-state index in [9.17, 15) is 4.79 Å². The fourth-order valence-corrected chi connectivity index (χ4v) is 4.28. The summed E-state index contributed by atoms with van der Waals surface area (Å²) >= 11 is 0. The van der Waals surface area contributed by atoms with Crippen LogP contribution in [-0.4, -0.2) is 79.5 Å². The summed E-state index contributed by atoms with van der Waals surface area (Å²) in [5.41, 5.74) is 2.65. The Morgan fingerprint density at radius 1 is 0.690 bits per heavy atom. The van der Waals surface area contributed by atoms with E-state index in [1.807, 2.05) is 0 Å². The van der Waals surface area contributed by atoms with Crippen molar-refractivity contribution < 1.29 is 4.79 Å². The molecule has 0 N–H and O–H groups in total. The topological polar surface area (TPSA) is 30.0 Å². The molecule has 0 atom stereocenters. The molecule has 2 saturated heterocycles. The summed E-state index contributed by atoms with van der Waals surface area (Å²) in [7, 11) is 0. The lowest BCUT2D eigenvalue weighted by atomic mass is 10.2. The van der Waals surface area contributed by atoms with E-state index in [1.54, 1.807) is 0 Å². The molecule has 0 aromatic heterocycles. The van der Waals surface area contributed by atoms with E-state index < -0.39 is 0 Å². The number of para-hydroxylation sites is 1. The Hall–Kier alpha value is -2.37. The average molecular weight is 393 g/mol. The Kier molecular flexibility index (Phi) is 6.80. The van der Waals surface area contributed by atoms with Crippen molar-refractivity contribution in [3.05, 3.63) is 66.2 Å². The van der Waals surface area contributed by atoms with E-state index in [-0.39, 0.29) is 0 Å². The van der Waals surface area contributed by atoms with Gasteiger partial charge in [0.05, 0.1) is 0 Å². The molecule has 5 heteroatoms. The predicted octanol–water partition coefficient (Wildman–Crippen LogP) is 2.54. The zero-order valence-corrected chi connectivity index (χ0v) is 17.2. The fourth-order valence-electron chi connectivity index (χ4n) is 4.28. The molecule has 2 fully saturated rings. The maximum Gasteiger partial charge on any atom is 0.223 e. The highest BCUT2D eigenvalue weighted by Gasteiger charge is 2.23. The van der Waals surface area contributed by atoms with Crippen molar-refractivity contribution in [3.63, 3.8) is 0 Å². The molecule has 4 rings (SSSR count). The van der Waals surface area contributed by atoms with Crippen molar-refractivity contribution in [3.8, 4) is 0 Å². The van der Waals surface area contributed by atoms with Crippen LogP contribution in [0, 0.1) is 0 Å². The largest absolute Gasteiger partial charge is 0.369 e. The molecule has 0 aliphatic carbocycles. The van der Waals surface area contributed by atoms with Gasteiger partial charge in [-0.25, -0.2) is 0 Å². The average Bonchev–Trinajstić information content (AvgIpc) is 2.80. The minimum atomic E-state index is 0.315. The second kappa shape index (κ2) is 9.90. The lowest BCUT2D eigenvalue weighted by molar-refractivity contribution is -0.133. The first-order valence-electron chi connectivity index (χ1n) is 10.8. The number of hydrogen-bond donors (Lipinski definition) is 0. The third-order valence-corrected chi connectivity index (χ3v) is 6.11. The van der Waals surface area contributed by atoms with Gasteiger partial charge in [0.25, 0.3) is 0 Å². The van der Waals surface area contributed by atoms with Gasteiger partial charge in [-0.05, 0) is 17.7 Å². The smallest absolute Gasteiger partial charge is 0.223 e. The Morgan fingerprint density at radius 3 is 1.93 bits per heavy atom. The number of hydrogen-bond acceptors (Lipinski definition) is 4. The predicted molar refractivity (Wildman–Crippen MR) is 118 cm³/mol. The van der Waals surface area contributed by atoms with Crippen LogP contribution in [0.1, 0.15) is 12.0 Å². The van der Waals surface area contributed by atoms with E-state index >= 15 is 0 Å². The molecule has 2 aliphatic heterocycles. The Morgan fingerprint density at radius 2 is 1.28 bits per heavy atom. The Balaban J connectivity index is 1.15. The number of carbonyl (C=O) groups is 1. The highest BCUT2D eigenvalue weighted by Crippen LogP contribution is 2.16. The highest BCUT2D eigenvalue weighted by atomic mass is 16.2. The number of anilines is 1. The second-order valence-electron chi connectivity index (χ2n) is 8.06. The van der Waals surface area contributed by atoms with Crippen LogP contribution in [0.4, 0.5) is 5.69 Å². The molecule has 5 nitrogen and oxygen atoms in total. The van der Waals surface area contributed by atoms with Crippen molar-refractivity contribution in [1.82, 2.24) is 14.7 Å². The molecule has 0 radical (unpaired) electrons. The molecule has 0 saturated carbocycles. The maximum absolute atomic E-state index is 12.7. The first-order chi connectivity index (χ1) is 14.3. The molecule has 2 heterocycles. The van der Waals surface area contributed by atoms with E-state index in [0.717, 1.165) is 65.4 Å². The molecular formula is C24H32N4O. The Bertz CT molecular complexity index is 751. The van der Waals surface area contributed by atoms with E-state index in [0.29, 0.717) is 12.3 Å². The minimum absolute atomic E-state index is 0.315. The minimum Gasteiger partial charge on any atom is -0.369 e. The van der Waals surface area contributed by atoms with Gasteiger partial charge < -0.3 is 9.80 Å². The first-order valence-corrected chi connectivity index (χ1v) is 10.8. The van der Waals surface area contributed by atoms with Crippen molar-refractivity contribution >= 4 is 11.6 Å².